The maximum atomic E-state index is 6.13. The largest absolute Gasteiger partial charge is 0.495 e. The maximum absolute atomic E-state index is 6.13. The van der Waals surface area contributed by atoms with Crippen LogP contribution in [0.25, 0.3) is 0 Å². The van der Waals surface area contributed by atoms with Gasteiger partial charge in [0.1, 0.15) is 23.2 Å². The van der Waals surface area contributed by atoms with Crippen molar-refractivity contribution in [3.05, 3.63) is 35.1 Å². The molecule has 0 aliphatic heterocycles. The minimum absolute atomic E-state index is 0.543. The number of hydrogen-bond acceptors (Lipinski definition) is 6. The summed E-state index contributed by atoms with van der Waals surface area (Å²) in [5.41, 5.74) is 0.833. The van der Waals surface area contributed by atoms with E-state index in [0.717, 1.165) is 24.5 Å². The Kier molecular flexibility index (Phi) is 6.43. The van der Waals surface area contributed by atoms with Crippen LogP contribution in [0.4, 0.5) is 17.3 Å². The van der Waals surface area contributed by atoms with Gasteiger partial charge in [-0.15, -0.1) is 0 Å². The van der Waals surface area contributed by atoms with E-state index in [1.54, 1.807) is 20.3 Å². The third-order valence-corrected chi connectivity index (χ3v) is 3.39. The van der Waals surface area contributed by atoms with Crippen LogP contribution in [0.15, 0.2) is 24.3 Å². The molecule has 0 saturated carbocycles. The van der Waals surface area contributed by atoms with Gasteiger partial charge >= 0.3 is 0 Å². The van der Waals surface area contributed by atoms with Gasteiger partial charge < -0.3 is 20.1 Å². The van der Waals surface area contributed by atoms with Crippen LogP contribution in [0, 0.1) is 6.92 Å². The zero-order chi connectivity index (χ0) is 16.7. The van der Waals surface area contributed by atoms with Crippen molar-refractivity contribution < 1.29 is 9.47 Å². The van der Waals surface area contributed by atoms with E-state index in [4.69, 9.17) is 21.1 Å². The van der Waals surface area contributed by atoms with E-state index < -0.39 is 0 Å². The maximum Gasteiger partial charge on any atom is 0.137 e. The van der Waals surface area contributed by atoms with Crippen molar-refractivity contribution in [2.75, 3.05) is 38.0 Å². The Morgan fingerprint density at radius 2 is 1.91 bits per heavy atom. The molecule has 124 valence electrons. The van der Waals surface area contributed by atoms with Crippen molar-refractivity contribution in [1.82, 2.24) is 9.97 Å². The first-order valence-electron chi connectivity index (χ1n) is 7.31. The van der Waals surface area contributed by atoms with E-state index in [1.165, 1.54) is 0 Å². The highest BCUT2D eigenvalue weighted by molar-refractivity contribution is 6.32. The summed E-state index contributed by atoms with van der Waals surface area (Å²) in [5.74, 6) is 2.80. The van der Waals surface area contributed by atoms with Gasteiger partial charge in [-0.05, 0) is 31.5 Å². The lowest BCUT2D eigenvalue weighted by molar-refractivity contribution is 0.198. The number of benzene rings is 1. The molecule has 0 bridgehead atoms. The molecule has 2 aromatic rings. The monoisotopic (exact) mass is 336 g/mol. The minimum atomic E-state index is 0.543. The summed E-state index contributed by atoms with van der Waals surface area (Å²) < 4.78 is 10.2. The van der Waals surface area contributed by atoms with Crippen LogP contribution >= 0.6 is 11.6 Å². The average Bonchev–Trinajstić information content (AvgIpc) is 2.51. The smallest absolute Gasteiger partial charge is 0.137 e. The highest BCUT2D eigenvalue weighted by Gasteiger charge is 2.05. The van der Waals surface area contributed by atoms with Gasteiger partial charge in [-0.1, -0.05) is 11.6 Å². The first-order valence-corrected chi connectivity index (χ1v) is 7.69. The van der Waals surface area contributed by atoms with Gasteiger partial charge in [0, 0.05) is 32.0 Å². The Balaban J connectivity index is 2.07. The number of anilines is 3. The van der Waals surface area contributed by atoms with Crippen LogP contribution in [0.3, 0.4) is 0 Å². The molecular formula is C16H21ClN4O2. The molecule has 0 aliphatic carbocycles. The second kappa shape index (κ2) is 8.55. The van der Waals surface area contributed by atoms with Gasteiger partial charge in [-0.3, -0.25) is 0 Å². The first kappa shape index (κ1) is 17.3. The van der Waals surface area contributed by atoms with E-state index in [2.05, 4.69) is 20.6 Å². The zero-order valence-corrected chi connectivity index (χ0v) is 14.3. The molecule has 7 heteroatoms. The average molecular weight is 337 g/mol. The van der Waals surface area contributed by atoms with E-state index in [9.17, 15) is 0 Å². The molecule has 0 aliphatic rings. The molecule has 1 aromatic heterocycles. The third-order valence-electron chi connectivity index (χ3n) is 3.09. The Hall–Kier alpha value is -2.05. The third kappa shape index (κ3) is 5.26. The summed E-state index contributed by atoms with van der Waals surface area (Å²) in [5, 5.41) is 7.02. The van der Waals surface area contributed by atoms with Crippen LogP contribution < -0.4 is 15.4 Å². The molecule has 0 spiro atoms. The number of methoxy groups -OCH3 is 2. The number of aryl methyl sites for hydroxylation is 1. The number of hydrogen-bond donors (Lipinski definition) is 2. The highest BCUT2D eigenvalue weighted by atomic mass is 35.5. The molecule has 1 aromatic carbocycles. The molecule has 0 atom stereocenters. The van der Waals surface area contributed by atoms with Crippen LogP contribution in [0.2, 0.25) is 5.02 Å². The molecule has 0 saturated heterocycles. The predicted molar refractivity (Wildman–Crippen MR) is 93.0 cm³/mol. The normalized spacial score (nSPS) is 10.4. The van der Waals surface area contributed by atoms with Crippen LogP contribution in [-0.2, 0) is 4.74 Å². The number of halogens is 1. The number of ether oxygens (including phenoxy) is 2. The zero-order valence-electron chi connectivity index (χ0n) is 13.5. The standard InChI is InChI=1S/C16H21ClN4O2/c1-11-19-15(18-7-4-8-22-2)10-16(20-11)21-12-5-6-14(23-3)13(17)9-12/h5-6,9-10H,4,7-8H2,1-3H3,(H2,18,19,20,21). The molecule has 1 heterocycles. The molecule has 2 N–H and O–H groups in total. The fourth-order valence-corrected chi connectivity index (χ4v) is 2.30. The van der Waals surface area contributed by atoms with Crippen LogP contribution in [0.5, 0.6) is 5.75 Å². The highest BCUT2D eigenvalue weighted by Crippen LogP contribution is 2.28. The van der Waals surface area contributed by atoms with Crippen molar-refractivity contribution in [2.45, 2.75) is 13.3 Å². The van der Waals surface area contributed by atoms with Crippen molar-refractivity contribution in [3.8, 4) is 5.75 Å². The second-order valence-electron chi connectivity index (χ2n) is 4.93. The Morgan fingerprint density at radius 3 is 2.61 bits per heavy atom. The second-order valence-corrected chi connectivity index (χ2v) is 5.34. The van der Waals surface area contributed by atoms with Crippen LogP contribution in [0.1, 0.15) is 12.2 Å². The summed E-state index contributed by atoms with van der Waals surface area (Å²) in [7, 11) is 3.28. The first-order chi connectivity index (χ1) is 11.1. The topological polar surface area (TPSA) is 68.3 Å². The van der Waals surface area contributed by atoms with Gasteiger partial charge in [-0.25, -0.2) is 9.97 Å². The summed E-state index contributed by atoms with van der Waals surface area (Å²) in [6.07, 6.45) is 0.913. The summed E-state index contributed by atoms with van der Waals surface area (Å²) in [6, 6.07) is 7.35. The lowest BCUT2D eigenvalue weighted by Crippen LogP contribution is -2.08. The molecule has 0 fully saturated rings. The molecule has 2 rings (SSSR count). The molecule has 6 nitrogen and oxygen atoms in total. The lowest BCUT2D eigenvalue weighted by Gasteiger charge is -2.11. The predicted octanol–water partition coefficient (Wildman–Crippen LogP) is 3.64. The lowest BCUT2D eigenvalue weighted by atomic mass is 10.3. The molecule has 0 amide bonds. The van der Waals surface area contributed by atoms with Gasteiger partial charge in [0.2, 0.25) is 0 Å². The quantitative estimate of drug-likeness (QED) is 0.717. The Labute approximate surface area is 141 Å². The molecule has 0 unspecified atom stereocenters. The van der Waals surface area contributed by atoms with Gasteiger partial charge in [-0.2, -0.15) is 0 Å². The van der Waals surface area contributed by atoms with E-state index in [-0.39, 0.29) is 0 Å². The number of nitrogens with zero attached hydrogens (tertiary/aromatic N) is 2. The van der Waals surface area contributed by atoms with Crippen molar-refractivity contribution in [3.63, 3.8) is 0 Å². The van der Waals surface area contributed by atoms with E-state index >= 15 is 0 Å². The molecule has 0 radical (unpaired) electrons. The van der Waals surface area contributed by atoms with Gasteiger partial charge in [0.15, 0.2) is 0 Å². The minimum Gasteiger partial charge on any atom is -0.495 e. The van der Waals surface area contributed by atoms with Gasteiger partial charge in [0.05, 0.1) is 12.1 Å². The SMILES string of the molecule is COCCCNc1cc(Nc2ccc(OC)c(Cl)c2)nc(C)n1. The summed E-state index contributed by atoms with van der Waals surface area (Å²) >= 11 is 6.13. The summed E-state index contributed by atoms with van der Waals surface area (Å²) in [6.45, 7) is 3.36. The molecule has 23 heavy (non-hydrogen) atoms. The van der Waals surface area contributed by atoms with Gasteiger partial charge in [0.25, 0.3) is 0 Å². The van der Waals surface area contributed by atoms with E-state index in [1.807, 2.05) is 25.1 Å². The Morgan fingerprint density at radius 1 is 1.13 bits per heavy atom. The van der Waals surface area contributed by atoms with Crippen LogP contribution in [-0.4, -0.2) is 37.3 Å². The fourth-order valence-electron chi connectivity index (χ4n) is 2.05. The van der Waals surface area contributed by atoms with Crippen molar-refractivity contribution in [2.24, 2.45) is 0 Å². The number of rotatable bonds is 8. The van der Waals surface area contributed by atoms with E-state index in [0.29, 0.717) is 29.0 Å². The van der Waals surface area contributed by atoms with Crippen molar-refractivity contribution in [1.29, 1.82) is 0 Å². The molecular weight excluding hydrogens is 316 g/mol. The number of nitrogens with one attached hydrogen (secondary N) is 2. The fraction of sp³-hybridized carbons (Fsp3) is 0.375. The Bertz CT molecular complexity index is 652. The van der Waals surface area contributed by atoms with Crippen molar-refractivity contribution >= 4 is 28.9 Å². The summed E-state index contributed by atoms with van der Waals surface area (Å²) in [4.78, 5) is 8.75. The number of aromatic nitrogens is 2.